The van der Waals surface area contributed by atoms with Crippen molar-refractivity contribution in [1.82, 2.24) is 9.88 Å². The van der Waals surface area contributed by atoms with E-state index in [4.69, 9.17) is 10.2 Å². The molecule has 1 aromatic heterocycles. The first-order valence-corrected chi connectivity index (χ1v) is 6.89. The normalized spacial score (nSPS) is 19.9. The fourth-order valence-electron chi connectivity index (χ4n) is 2.57. The molecule has 0 atom stereocenters. The molecule has 2 N–H and O–H groups in total. The lowest BCUT2D eigenvalue weighted by Gasteiger charge is -2.36. The van der Waals surface area contributed by atoms with Crippen molar-refractivity contribution >= 4 is 16.8 Å². The first kappa shape index (κ1) is 12.5. The summed E-state index contributed by atoms with van der Waals surface area (Å²) >= 11 is 0. The summed E-state index contributed by atoms with van der Waals surface area (Å²) < 4.78 is 5.77. The zero-order valence-corrected chi connectivity index (χ0v) is 11.6. The van der Waals surface area contributed by atoms with Crippen LogP contribution >= 0.6 is 0 Å². The van der Waals surface area contributed by atoms with Crippen molar-refractivity contribution in [2.24, 2.45) is 5.41 Å². The third-order valence-electron chi connectivity index (χ3n) is 4.02. The summed E-state index contributed by atoms with van der Waals surface area (Å²) in [6.07, 6.45) is 2.47. The lowest BCUT2D eigenvalue weighted by atomic mass is 9.83. The van der Waals surface area contributed by atoms with E-state index < -0.39 is 0 Å². The number of nitrogens with two attached hydrogens (primary N) is 1. The third-order valence-corrected chi connectivity index (χ3v) is 4.02. The van der Waals surface area contributed by atoms with Crippen LogP contribution in [0.2, 0.25) is 0 Å². The number of piperidine rings is 1. The van der Waals surface area contributed by atoms with Crippen LogP contribution in [-0.4, -0.2) is 23.0 Å². The Labute approximate surface area is 113 Å². The van der Waals surface area contributed by atoms with Crippen LogP contribution in [0.1, 0.15) is 32.6 Å². The van der Waals surface area contributed by atoms with Gasteiger partial charge in [-0.1, -0.05) is 13.8 Å². The van der Waals surface area contributed by atoms with Crippen LogP contribution < -0.4 is 5.73 Å². The number of aromatic nitrogens is 1. The monoisotopic (exact) mass is 259 g/mol. The summed E-state index contributed by atoms with van der Waals surface area (Å²) in [5.41, 5.74) is 8.64. The summed E-state index contributed by atoms with van der Waals surface area (Å²) in [4.78, 5) is 6.93. The van der Waals surface area contributed by atoms with Gasteiger partial charge < -0.3 is 10.2 Å². The van der Waals surface area contributed by atoms with Gasteiger partial charge in [0.2, 0.25) is 5.89 Å². The van der Waals surface area contributed by atoms with Gasteiger partial charge in [-0.05, 0) is 49.5 Å². The molecule has 2 heterocycles. The molecule has 3 rings (SSSR count). The summed E-state index contributed by atoms with van der Waals surface area (Å²) in [6, 6.07) is 5.60. The molecule has 1 aliphatic heterocycles. The van der Waals surface area contributed by atoms with Crippen LogP contribution in [0.25, 0.3) is 11.1 Å². The van der Waals surface area contributed by atoms with E-state index in [9.17, 15) is 0 Å². The van der Waals surface area contributed by atoms with Gasteiger partial charge in [0.05, 0.1) is 6.54 Å². The molecule has 4 nitrogen and oxygen atoms in total. The average Bonchev–Trinajstić information content (AvgIpc) is 2.73. The van der Waals surface area contributed by atoms with E-state index in [0.29, 0.717) is 5.41 Å². The number of hydrogen-bond acceptors (Lipinski definition) is 4. The fourth-order valence-corrected chi connectivity index (χ4v) is 2.57. The number of nitrogens with zero attached hydrogens (tertiary/aromatic N) is 2. The zero-order chi connectivity index (χ0) is 13.5. The Kier molecular flexibility index (Phi) is 2.97. The molecule has 19 heavy (non-hydrogen) atoms. The second-order valence-corrected chi connectivity index (χ2v) is 6.28. The first-order valence-electron chi connectivity index (χ1n) is 6.89. The summed E-state index contributed by atoms with van der Waals surface area (Å²) in [7, 11) is 0. The van der Waals surface area contributed by atoms with Crippen molar-refractivity contribution in [3.63, 3.8) is 0 Å². The molecule has 1 aliphatic rings. The molecule has 4 heteroatoms. The highest BCUT2D eigenvalue weighted by atomic mass is 16.3. The van der Waals surface area contributed by atoms with Crippen LogP contribution in [0.4, 0.5) is 5.69 Å². The first-order chi connectivity index (χ1) is 9.02. The third kappa shape index (κ3) is 2.73. The highest BCUT2D eigenvalue weighted by Crippen LogP contribution is 2.30. The Morgan fingerprint density at radius 3 is 2.79 bits per heavy atom. The Morgan fingerprint density at radius 2 is 2.05 bits per heavy atom. The molecule has 0 bridgehead atoms. The van der Waals surface area contributed by atoms with Crippen molar-refractivity contribution in [2.75, 3.05) is 18.8 Å². The second kappa shape index (κ2) is 4.53. The minimum Gasteiger partial charge on any atom is -0.439 e. The SMILES string of the molecule is CC1(C)CCN(Cc2nc3cc(N)ccc3o2)CC1. The summed E-state index contributed by atoms with van der Waals surface area (Å²) in [5, 5.41) is 0. The van der Waals surface area contributed by atoms with E-state index in [-0.39, 0.29) is 0 Å². The largest absolute Gasteiger partial charge is 0.439 e. The maximum absolute atomic E-state index is 5.77. The Bertz CT molecular complexity index is 578. The quantitative estimate of drug-likeness (QED) is 0.842. The van der Waals surface area contributed by atoms with Crippen LogP contribution in [0, 0.1) is 5.41 Å². The van der Waals surface area contributed by atoms with E-state index in [1.54, 1.807) is 0 Å². The molecule has 0 spiro atoms. The van der Waals surface area contributed by atoms with Crippen molar-refractivity contribution < 1.29 is 4.42 Å². The van der Waals surface area contributed by atoms with Crippen LogP contribution in [0.15, 0.2) is 22.6 Å². The zero-order valence-electron chi connectivity index (χ0n) is 11.6. The van der Waals surface area contributed by atoms with Gasteiger partial charge in [0, 0.05) is 5.69 Å². The number of hydrogen-bond donors (Lipinski definition) is 1. The molecular weight excluding hydrogens is 238 g/mol. The Balaban J connectivity index is 1.72. The predicted octanol–water partition coefficient (Wildman–Crippen LogP) is 3.03. The highest BCUT2D eigenvalue weighted by molar-refractivity contribution is 5.76. The predicted molar refractivity (Wildman–Crippen MR) is 76.7 cm³/mol. The van der Waals surface area contributed by atoms with Gasteiger partial charge in [0.25, 0.3) is 0 Å². The minimum absolute atomic E-state index is 0.478. The van der Waals surface area contributed by atoms with E-state index >= 15 is 0 Å². The van der Waals surface area contributed by atoms with Gasteiger partial charge >= 0.3 is 0 Å². The number of anilines is 1. The molecule has 1 saturated heterocycles. The lowest BCUT2D eigenvalue weighted by molar-refractivity contribution is 0.119. The van der Waals surface area contributed by atoms with Gasteiger partial charge in [-0.2, -0.15) is 0 Å². The molecule has 0 saturated carbocycles. The number of rotatable bonds is 2. The van der Waals surface area contributed by atoms with Crippen LogP contribution in [0.5, 0.6) is 0 Å². The molecule has 0 radical (unpaired) electrons. The van der Waals surface area contributed by atoms with Gasteiger partial charge in [-0.3, -0.25) is 4.90 Å². The number of likely N-dealkylation sites (tertiary alicyclic amines) is 1. The smallest absolute Gasteiger partial charge is 0.209 e. The fraction of sp³-hybridized carbons (Fsp3) is 0.533. The molecule has 2 aromatic rings. The number of oxazole rings is 1. The Morgan fingerprint density at radius 1 is 1.32 bits per heavy atom. The van der Waals surface area contributed by atoms with Crippen LogP contribution in [0.3, 0.4) is 0 Å². The molecule has 102 valence electrons. The molecule has 0 aliphatic carbocycles. The second-order valence-electron chi connectivity index (χ2n) is 6.28. The van der Waals surface area contributed by atoms with E-state index in [1.807, 2.05) is 18.2 Å². The maximum atomic E-state index is 5.77. The molecule has 1 fully saturated rings. The van der Waals surface area contributed by atoms with Gasteiger partial charge in [-0.15, -0.1) is 0 Å². The molecular formula is C15H21N3O. The van der Waals surface area contributed by atoms with Crippen LogP contribution in [-0.2, 0) is 6.54 Å². The van der Waals surface area contributed by atoms with Gasteiger partial charge in [0.1, 0.15) is 5.52 Å². The van der Waals surface area contributed by atoms with Crippen molar-refractivity contribution in [3.05, 3.63) is 24.1 Å². The maximum Gasteiger partial charge on any atom is 0.209 e. The van der Waals surface area contributed by atoms with Crippen molar-refractivity contribution in [2.45, 2.75) is 33.2 Å². The molecule has 1 aromatic carbocycles. The molecule has 0 unspecified atom stereocenters. The molecule has 0 amide bonds. The van der Waals surface area contributed by atoms with E-state index in [0.717, 1.165) is 42.3 Å². The number of benzene rings is 1. The number of nitrogen functional groups attached to an aromatic ring is 1. The van der Waals surface area contributed by atoms with E-state index in [2.05, 4.69) is 23.7 Å². The Hall–Kier alpha value is -1.55. The van der Waals surface area contributed by atoms with Gasteiger partial charge in [-0.25, -0.2) is 4.98 Å². The van der Waals surface area contributed by atoms with E-state index in [1.165, 1.54) is 12.8 Å². The van der Waals surface area contributed by atoms with Gasteiger partial charge in [0.15, 0.2) is 5.58 Å². The number of fused-ring (bicyclic) bond motifs is 1. The standard InChI is InChI=1S/C15H21N3O/c1-15(2)5-7-18(8-6-15)10-14-17-12-9-11(16)3-4-13(12)19-14/h3-4,9H,5-8,10,16H2,1-2H3. The van der Waals surface area contributed by atoms with Crippen molar-refractivity contribution in [1.29, 1.82) is 0 Å². The summed E-state index contributed by atoms with van der Waals surface area (Å²) in [5.74, 6) is 0.792. The lowest BCUT2D eigenvalue weighted by Crippen LogP contribution is -2.36. The summed E-state index contributed by atoms with van der Waals surface area (Å²) in [6.45, 7) is 7.71. The van der Waals surface area contributed by atoms with Crippen molar-refractivity contribution in [3.8, 4) is 0 Å². The average molecular weight is 259 g/mol. The highest BCUT2D eigenvalue weighted by Gasteiger charge is 2.26. The minimum atomic E-state index is 0.478. The topological polar surface area (TPSA) is 55.3 Å².